The smallest absolute Gasteiger partial charge is 0.155 e. The van der Waals surface area contributed by atoms with Crippen molar-refractivity contribution in [2.24, 2.45) is 40.9 Å². The van der Waals surface area contributed by atoms with Crippen LogP contribution >= 0.6 is 0 Å². The van der Waals surface area contributed by atoms with Gasteiger partial charge in [0.25, 0.3) is 0 Å². The molecule has 0 aromatic rings. The molecule has 0 bridgehead atoms. The summed E-state index contributed by atoms with van der Waals surface area (Å²) in [5.74, 6) is 3.93. The standard InChI is InChI=1S/C20H28O2/c1-3-12-10-13-11-14(21)4-5-15(13)16-8-9-20(2)17(19(12)16)6-7-18(20)22/h3-5,12-13,15-19,22H,1,6-11H2,2H3/t12-,13?,15+,16-,17+,18+,19-,20+/m1/s1. The fourth-order valence-electron chi connectivity index (χ4n) is 6.59. The van der Waals surface area contributed by atoms with E-state index in [2.05, 4.69) is 25.7 Å². The molecule has 4 aliphatic rings. The molecule has 0 heterocycles. The van der Waals surface area contributed by atoms with Gasteiger partial charge in [-0.2, -0.15) is 0 Å². The highest BCUT2D eigenvalue weighted by atomic mass is 16.3. The summed E-state index contributed by atoms with van der Waals surface area (Å²) in [5.41, 5.74) is 0.115. The van der Waals surface area contributed by atoms with Crippen molar-refractivity contribution in [1.29, 1.82) is 0 Å². The zero-order chi connectivity index (χ0) is 15.5. The average Bonchev–Trinajstić information content (AvgIpc) is 2.81. The van der Waals surface area contributed by atoms with Gasteiger partial charge in [-0.15, -0.1) is 6.58 Å². The van der Waals surface area contributed by atoms with Crippen LogP contribution in [0.5, 0.6) is 0 Å². The summed E-state index contributed by atoms with van der Waals surface area (Å²) in [5, 5.41) is 10.5. The lowest BCUT2D eigenvalue weighted by Gasteiger charge is -2.56. The molecular weight excluding hydrogens is 272 g/mol. The Morgan fingerprint density at radius 3 is 2.95 bits per heavy atom. The lowest BCUT2D eigenvalue weighted by molar-refractivity contribution is -0.120. The summed E-state index contributed by atoms with van der Waals surface area (Å²) in [7, 11) is 0. The molecule has 3 fully saturated rings. The van der Waals surface area contributed by atoms with E-state index in [1.165, 1.54) is 12.8 Å². The van der Waals surface area contributed by atoms with Gasteiger partial charge in [0.05, 0.1) is 6.10 Å². The largest absolute Gasteiger partial charge is 0.393 e. The van der Waals surface area contributed by atoms with Gasteiger partial charge in [0.1, 0.15) is 0 Å². The zero-order valence-electron chi connectivity index (χ0n) is 13.6. The van der Waals surface area contributed by atoms with Crippen LogP contribution in [0, 0.1) is 40.9 Å². The fraction of sp³-hybridized carbons (Fsp3) is 0.750. The van der Waals surface area contributed by atoms with Crippen molar-refractivity contribution in [2.75, 3.05) is 0 Å². The second-order valence-electron chi connectivity index (χ2n) is 8.49. The molecule has 0 spiro atoms. The Bertz CT molecular complexity index is 522. The lowest BCUT2D eigenvalue weighted by Crippen LogP contribution is -2.51. The van der Waals surface area contributed by atoms with Gasteiger partial charge < -0.3 is 5.11 Å². The van der Waals surface area contributed by atoms with E-state index in [1.54, 1.807) is 0 Å². The first-order valence-corrected chi connectivity index (χ1v) is 9.06. The van der Waals surface area contributed by atoms with Gasteiger partial charge >= 0.3 is 0 Å². The van der Waals surface area contributed by atoms with Crippen molar-refractivity contribution in [1.82, 2.24) is 0 Å². The third kappa shape index (κ3) is 1.92. The summed E-state index contributed by atoms with van der Waals surface area (Å²) in [4.78, 5) is 11.8. The quantitative estimate of drug-likeness (QED) is 0.749. The summed E-state index contributed by atoms with van der Waals surface area (Å²) in [6.07, 6.45) is 12.4. The van der Waals surface area contributed by atoms with E-state index in [0.717, 1.165) is 25.7 Å². The summed E-state index contributed by atoms with van der Waals surface area (Å²) in [6, 6.07) is 0. The van der Waals surface area contributed by atoms with Gasteiger partial charge in [-0.3, -0.25) is 4.79 Å². The van der Waals surface area contributed by atoms with Crippen LogP contribution in [0.25, 0.3) is 0 Å². The Morgan fingerprint density at radius 1 is 1.36 bits per heavy atom. The number of carbonyl (C=O) groups is 1. The fourth-order valence-corrected chi connectivity index (χ4v) is 6.59. The highest BCUT2D eigenvalue weighted by Crippen LogP contribution is 2.63. The van der Waals surface area contributed by atoms with Crippen molar-refractivity contribution >= 4 is 5.78 Å². The topological polar surface area (TPSA) is 37.3 Å². The minimum atomic E-state index is -0.120. The van der Waals surface area contributed by atoms with Crippen molar-refractivity contribution < 1.29 is 9.90 Å². The third-order valence-electron chi connectivity index (χ3n) is 7.71. The first-order chi connectivity index (χ1) is 10.5. The zero-order valence-corrected chi connectivity index (χ0v) is 13.6. The van der Waals surface area contributed by atoms with Crippen molar-refractivity contribution in [3.8, 4) is 0 Å². The van der Waals surface area contributed by atoms with Crippen LogP contribution in [0.1, 0.15) is 45.4 Å². The van der Waals surface area contributed by atoms with E-state index >= 15 is 0 Å². The van der Waals surface area contributed by atoms with Crippen LogP contribution in [-0.4, -0.2) is 17.0 Å². The number of hydrogen-bond donors (Lipinski definition) is 1. The van der Waals surface area contributed by atoms with E-state index < -0.39 is 0 Å². The predicted molar refractivity (Wildman–Crippen MR) is 87.1 cm³/mol. The number of carbonyl (C=O) groups excluding carboxylic acids is 1. The predicted octanol–water partition coefficient (Wildman–Crippen LogP) is 3.76. The molecule has 1 N–H and O–H groups in total. The monoisotopic (exact) mass is 300 g/mol. The SMILES string of the molecule is C=C[C@@H]1CC2CC(=O)C=C[C@@H]2[C@H]2CC[C@]3(C)[C@@H](O)CC[C@H]3[C@@H]21. The third-order valence-corrected chi connectivity index (χ3v) is 7.71. The second-order valence-corrected chi connectivity index (χ2v) is 8.49. The molecule has 3 saturated carbocycles. The number of hydrogen-bond acceptors (Lipinski definition) is 2. The number of fused-ring (bicyclic) bond motifs is 5. The van der Waals surface area contributed by atoms with E-state index in [9.17, 15) is 9.90 Å². The highest BCUT2D eigenvalue weighted by Gasteiger charge is 2.58. The second kappa shape index (κ2) is 5.06. The molecule has 1 unspecified atom stereocenters. The number of rotatable bonds is 1. The average molecular weight is 300 g/mol. The van der Waals surface area contributed by atoms with E-state index in [1.807, 2.05) is 6.08 Å². The summed E-state index contributed by atoms with van der Waals surface area (Å²) in [6.45, 7) is 6.44. The van der Waals surface area contributed by atoms with Crippen LogP contribution in [0.3, 0.4) is 0 Å². The maximum atomic E-state index is 11.8. The molecule has 0 amide bonds. The normalized spacial score (nSPS) is 53.5. The molecule has 0 radical (unpaired) electrons. The molecule has 0 aromatic heterocycles. The van der Waals surface area contributed by atoms with Crippen molar-refractivity contribution in [3.05, 3.63) is 24.8 Å². The molecule has 2 heteroatoms. The minimum absolute atomic E-state index is 0.115. The lowest BCUT2D eigenvalue weighted by atomic mass is 9.48. The van der Waals surface area contributed by atoms with Crippen LogP contribution in [0.2, 0.25) is 0 Å². The minimum Gasteiger partial charge on any atom is -0.393 e. The molecule has 0 aromatic carbocycles. The van der Waals surface area contributed by atoms with Crippen molar-refractivity contribution in [2.45, 2.75) is 51.6 Å². The Kier molecular flexibility index (Phi) is 3.38. The number of aliphatic hydroxyl groups is 1. The number of aliphatic hydroxyl groups excluding tert-OH is 1. The molecule has 2 nitrogen and oxygen atoms in total. The van der Waals surface area contributed by atoms with Gasteiger partial charge in [-0.1, -0.05) is 19.1 Å². The molecule has 4 aliphatic carbocycles. The molecule has 8 atom stereocenters. The van der Waals surface area contributed by atoms with Crippen LogP contribution in [0.15, 0.2) is 24.8 Å². The van der Waals surface area contributed by atoms with Gasteiger partial charge in [-0.25, -0.2) is 0 Å². The Hall–Kier alpha value is -0.890. The van der Waals surface area contributed by atoms with E-state index in [0.29, 0.717) is 41.3 Å². The molecule has 0 saturated heterocycles. The Morgan fingerprint density at radius 2 is 2.18 bits per heavy atom. The first kappa shape index (κ1) is 14.7. The van der Waals surface area contributed by atoms with E-state index in [4.69, 9.17) is 0 Å². The van der Waals surface area contributed by atoms with Crippen LogP contribution in [0.4, 0.5) is 0 Å². The Labute approximate surface area is 133 Å². The number of ketones is 1. The maximum absolute atomic E-state index is 11.8. The van der Waals surface area contributed by atoms with Gasteiger partial charge in [-0.05, 0) is 79.1 Å². The van der Waals surface area contributed by atoms with Crippen LogP contribution < -0.4 is 0 Å². The Balaban J connectivity index is 1.70. The van der Waals surface area contributed by atoms with Gasteiger partial charge in [0.15, 0.2) is 5.78 Å². The van der Waals surface area contributed by atoms with E-state index in [-0.39, 0.29) is 11.5 Å². The van der Waals surface area contributed by atoms with Crippen LogP contribution in [-0.2, 0) is 4.79 Å². The molecule has 4 rings (SSSR count). The molecule has 0 aliphatic heterocycles. The van der Waals surface area contributed by atoms with Gasteiger partial charge in [0, 0.05) is 6.42 Å². The van der Waals surface area contributed by atoms with Gasteiger partial charge in [0.2, 0.25) is 0 Å². The van der Waals surface area contributed by atoms with Crippen molar-refractivity contribution in [3.63, 3.8) is 0 Å². The molecule has 22 heavy (non-hydrogen) atoms. The first-order valence-electron chi connectivity index (χ1n) is 9.06. The molecule has 120 valence electrons. The summed E-state index contributed by atoms with van der Waals surface area (Å²) >= 11 is 0. The molecular formula is C20H28O2. The highest BCUT2D eigenvalue weighted by molar-refractivity contribution is 5.90. The maximum Gasteiger partial charge on any atom is 0.155 e. The summed E-state index contributed by atoms with van der Waals surface area (Å²) < 4.78 is 0. The number of allylic oxidation sites excluding steroid dienone is 3.